The topological polar surface area (TPSA) is 115 Å². The number of aromatic hydroxyl groups is 3. The third-order valence-corrected chi connectivity index (χ3v) is 5.08. The van der Waals surface area contributed by atoms with Crippen molar-refractivity contribution in [3.63, 3.8) is 0 Å². The fourth-order valence-corrected chi connectivity index (χ4v) is 3.77. The molecule has 4 rings (SSSR count). The lowest BCUT2D eigenvalue weighted by Crippen LogP contribution is -2.33. The van der Waals surface area contributed by atoms with Crippen LogP contribution >= 0.6 is 0 Å². The van der Waals surface area contributed by atoms with E-state index >= 15 is 0 Å². The molecule has 2 aromatic rings. The molecular formula is C19H16O6. The number of hydrogen-bond donors (Lipinski definition) is 4. The van der Waals surface area contributed by atoms with E-state index in [2.05, 4.69) is 0 Å². The van der Waals surface area contributed by atoms with Gasteiger partial charge in [0.2, 0.25) is 5.78 Å². The zero-order chi connectivity index (χ0) is 18.1. The van der Waals surface area contributed by atoms with E-state index in [1.54, 1.807) is 13.0 Å². The molecule has 2 aliphatic carbocycles. The molecule has 0 saturated carbocycles. The molecule has 0 saturated heterocycles. The van der Waals surface area contributed by atoms with Crippen LogP contribution in [-0.4, -0.2) is 37.6 Å². The number of phenols is 3. The van der Waals surface area contributed by atoms with Crippen molar-refractivity contribution >= 4 is 11.6 Å². The predicted molar refractivity (Wildman–Crippen MR) is 87.4 cm³/mol. The summed E-state index contributed by atoms with van der Waals surface area (Å²) in [6.45, 7) is 1.65. The highest BCUT2D eigenvalue weighted by Crippen LogP contribution is 2.44. The highest BCUT2D eigenvalue weighted by Gasteiger charge is 2.39. The van der Waals surface area contributed by atoms with Gasteiger partial charge in [0.25, 0.3) is 0 Å². The molecule has 1 unspecified atom stereocenters. The Morgan fingerprint density at radius 1 is 0.960 bits per heavy atom. The van der Waals surface area contributed by atoms with Crippen molar-refractivity contribution in [1.29, 1.82) is 0 Å². The zero-order valence-electron chi connectivity index (χ0n) is 13.5. The first-order chi connectivity index (χ1) is 11.7. The molecule has 0 spiro atoms. The summed E-state index contributed by atoms with van der Waals surface area (Å²) in [6.07, 6.45) is 1.11. The lowest BCUT2D eigenvalue weighted by Gasteiger charge is -2.32. The van der Waals surface area contributed by atoms with Crippen molar-refractivity contribution in [2.45, 2.75) is 31.8 Å². The molecular weight excluding hydrogens is 324 g/mol. The SMILES string of the molecule is CC1(O)CCc2cc3c(c(O)c2C1)C(=O)c1c(O)ccc(O)c1C3=O. The number of aryl methyl sites for hydroxylation is 1. The summed E-state index contributed by atoms with van der Waals surface area (Å²) < 4.78 is 0. The van der Waals surface area contributed by atoms with E-state index in [1.807, 2.05) is 0 Å². The molecule has 2 aromatic carbocycles. The summed E-state index contributed by atoms with van der Waals surface area (Å²) in [7, 11) is 0. The maximum Gasteiger partial charge on any atom is 0.202 e. The highest BCUT2D eigenvalue weighted by atomic mass is 16.3. The lowest BCUT2D eigenvalue weighted by molar-refractivity contribution is 0.0450. The van der Waals surface area contributed by atoms with Crippen molar-refractivity contribution in [2.24, 2.45) is 0 Å². The number of hydrogen-bond acceptors (Lipinski definition) is 6. The number of carbonyl (C=O) groups excluding carboxylic acids is 2. The van der Waals surface area contributed by atoms with Gasteiger partial charge in [-0.15, -0.1) is 0 Å². The summed E-state index contributed by atoms with van der Waals surface area (Å²) >= 11 is 0. The molecule has 25 heavy (non-hydrogen) atoms. The van der Waals surface area contributed by atoms with Crippen LogP contribution in [0, 0.1) is 0 Å². The minimum absolute atomic E-state index is 0.0104. The average Bonchev–Trinajstić information content (AvgIpc) is 2.54. The molecule has 1 atom stereocenters. The number of rotatable bonds is 0. The van der Waals surface area contributed by atoms with Crippen LogP contribution in [-0.2, 0) is 12.8 Å². The third-order valence-electron chi connectivity index (χ3n) is 5.08. The quantitative estimate of drug-likeness (QED) is 0.464. The third kappa shape index (κ3) is 2.07. The Labute approximate surface area is 143 Å². The summed E-state index contributed by atoms with van der Waals surface area (Å²) in [4.78, 5) is 25.7. The average molecular weight is 340 g/mol. The van der Waals surface area contributed by atoms with Gasteiger partial charge in [-0.2, -0.15) is 0 Å². The zero-order valence-corrected chi connectivity index (χ0v) is 13.5. The van der Waals surface area contributed by atoms with Crippen molar-refractivity contribution in [2.75, 3.05) is 0 Å². The van der Waals surface area contributed by atoms with E-state index in [0.717, 1.165) is 12.1 Å². The van der Waals surface area contributed by atoms with Crippen LogP contribution < -0.4 is 0 Å². The Bertz CT molecular complexity index is 971. The van der Waals surface area contributed by atoms with E-state index < -0.39 is 28.7 Å². The van der Waals surface area contributed by atoms with Gasteiger partial charge in [-0.05, 0) is 43.5 Å². The summed E-state index contributed by atoms with van der Waals surface area (Å²) in [6, 6.07) is 3.83. The van der Waals surface area contributed by atoms with Crippen LogP contribution in [0.3, 0.4) is 0 Å². The van der Waals surface area contributed by atoms with Gasteiger partial charge in [0.05, 0.1) is 22.3 Å². The highest BCUT2D eigenvalue weighted by molar-refractivity contribution is 6.31. The Morgan fingerprint density at radius 2 is 1.56 bits per heavy atom. The lowest BCUT2D eigenvalue weighted by atomic mass is 9.75. The molecule has 0 aromatic heterocycles. The smallest absolute Gasteiger partial charge is 0.202 e. The van der Waals surface area contributed by atoms with Gasteiger partial charge in [0.15, 0.2) is 5.78 Å². The molecule has 0 amide bonds. The second kappa shape index (κ2) is 4.83. The summed E-state index contributed by atoms with van der Waals surface area (Å²) in [5, 5.41) is 40.9. The van der Waals surface area contributed by atoms with Gasteiger partial charge in [-0.3, -0.25) is 9.59 Å². The monoisotopic (exact) mass is 340 g/mol. The van der Waals surface area contributed by atoms with Crippen LogP contribution in [0.4, 0.5) is 0 Å². The molecule has 0 aliphatic heterocycles. The predicted octanol–water partition coefficient (Wildman–Crippen LogP) is 1.82. The normalized spacial score (nSPS) is 21.5. The van der Waals surface area contributed by atoms with E-state index in [-0.39, 0.29) is 34.4 Å². The molecule has 0 heterocycles. The summed E-state index contributed by atoms with van der Waals surface area (Å²) in [5.41, 5.74) is -0.592. The largest absolute Gasteiger partial charge is 0.507 e. The van der Waals surface area contributed by atoms with E-state index in [0.29, 0.717) is 24.0 Å². The maximum absolute atomic E-state index is 12.8. The van der Waals surface area contributed by atoms with Crippen molar-refractivity contribution in [1.82, 2.24) is 0 Å². The van der Waals surface area contributed by atoms with Gasteiger partial charge < -0.3 is 20.4 Å². The number of aliphatic hydroxyl groups is 1. The fraction of sp³-hybridized carbons (Fsp3) is 0.263. The molecule has 6 nitrogen and oxygen atoms in total. The van der Waals surface area contributed by atoms with Crippen LogP contribution in [0.1, 0.15) is 56.3 Å². The molecule has 2 aliphatic rings. The van der Waals surface area contributed by atoms with Gasteiger partial charge in [-0.1, -0.05) is 0 Å². The second-order valence-corrected chi connectivity index (χ2v) is 6.97. The van der Waals surface area contributed by atoms with E-state index in [4.69, 9.17) is 0 Å². The maximum atomic E-state index is 12.8. The second-order valence-electron chi connectivity index (χ2n) is 6.97. The standard InChI is InChI=1S/C19H16O6/c1-19(25)5-4-8-6-9-13(17(23)10(8)7-19)18(24)15-12(21)3-2-11(20)14(15)16(9)22/h2-3,6,20-21,23,25H,4-5,7H2,1H3. The first-order valence-corrected chi connectivity index (χ1v) is 7.95. The molecule has 128 valence electrons. The molecule has 0 bridgehead atoms. The molecule has 0 radical (unpaired) electrons. The molecule has 0 fully saturated rings. The van der Waals surface area contributed by atoms with E-state index in [1.165, 1.54) is 0 Å². The van der Waals surface area contributed by atoms with Gasteiger partial charge >= 0.3 is 0 Å². The first kappa shape index (κ1) is 15.7. The van der Waals surface area contributed by atoms with Gasteiger partial charge in [0.1, 0.15) is 17.2 Å². The summed E-state index contributed by atoms with van der Waals surface area (Å²) in [5.74, 6) is -2.49. The Hall–Kier alpha value is -2.86. The van der Waals surface area contributed by atoms with Crippen LogP contribution in [0.5, 0.6) is 17.2 Å². The van der Waals surface area contributed by atoms with Gasteiger partial charge in [-0.25, -0.2) is 0 Å². The molecule has 4 N–H and O–H groups in total. The van der Waals surface area contributed by atoms with Crippen molar-refractivity contribution in [3.8, 4) is 17.2 Å². The van der Waals surface area contributed by atoms with Crippen LogP contribution in [0.15, 0.2) is 18.2 Å². The Balaban J connectivity index is 2.01. The van der Waals surface area contributed by atoms with Crippen LogP contribution in [0.2, 0.25) is 0 Å². The van der Waals surface area contributed by atoms with Crippen molar-refractivity contribution < 1.29 is 30.0 Å². The first-order valence-electron chi connectivity index (χ1n) is 7.95. The number of phenolic OH excluding ortho intramolecular Hbond substituents is 3. The fourth-order valence-electron chi connectivity index (χ4n) is 3.77. The van der Waals surface area contributed by atoms with Crippen molar-refractivity contribution in [3.05, 3.63) is 51.6 Å². The minimum atomic E-state index is -1.00. The number of fused-ring (bicyclic) bond motifs is 3. The van der Waals surface area contributed by atoms with Crippen LogP contribution in [0.25, 0.3) is 0 Å². The van der Waals surface area contributed by atoms with E-state index in [9.17, 15) is 30.0 Å². The van der Waals surface area contributed by atoms with Gasteiger partial charge in [0, 0.05) is 17.5 Å². The minimum Gasteiger partial charge on any atom is -0.507 e. The Morgan fingerprint density at radius 3 is 2.20 bits per heavy atom. The number of carbonyl (C=O) groups is 2. The Kier molecular flexibility index (Phi) is 3.02. The molecule has 6 heteroatoms. The number of benzene rings is 2. The number of ketones is 2.